The summed E-state index contributed by atoms with van der Waals surface area (Å²) in [5.41, 5.74) is 2.32. The Hall–Kier alpha value is -1.80. The Bertz CT molecular complexity index is 879. The fraction of sp³-hybridized carbons (Fsp3) is 0.381. The van der Waals surface area contributed by atoms with Crippen LogP contribution in [-0.4, -0.2) is 29.5 Å². The molecular formula is C21H27IN2O3. The summed E-state index contributed by atoms with van der Waals surface area (Å²) < 4.78 is 15.4. The number of aliphatic hydroxyl groups excluding tert-OH is 1. The maximum Gasteiger partial charge on any atom is 0.257 e. The van der Waals surface area contributed by atoms with Gasteiger partial charge < -0.3 is 38.6 Å². The van der Waals surface area contributed by atoms with Gasteiger partial charge in [-0.25, -0.2) is 9.13 Å². The molecule has 0 aliphatic carbocycles. The Labute approximate surface area is 177 Å². The second-order valence-corrected chi connectivity index (χ2v) is 6.47. The van der Waals surface area contributed by atoms with E-state index in [1.165, 1.54) is 11.3 Å². The number of imidazole rings is 1. The molecule has 0 saturated heterocycles. The number of ether oxygens (including phenoxy) is 2. The molecule has 0 spiro atoms. The number of nitrogens with zero attached hydrogens (tertiary/aromatic N) is 2. The summed E-state index contributed by atoms with van der Waals surface area (Å²) >= 11 is 0. The number of benzene rings is 2. The highest BCUT2D eigenvalue weighted by Crippen LogP contribution is 2.20. The highest BCUT2D eigenvalue weighted by Gasteiger charge is 2.23. The van der Waals surface area contributed by atoms with Crippen molar-refractivity contribution in [2.24, 2.45) is 7.05 Å². The minimum atomic E-state index is -0.604. The summed E-state index contributed by atoms with van der Waals surface area (Å²) in [7, 11) is 3.71. The van der Waals surface area contributed by atoms with Gasteiger partial charge in [0.2, 0.25) is 0 Å². The molecule has 0 aliphatic heterocycles. The number of hydrogen-bond donors (Lipinski definition) is 1. The fourth-order valence-electron chi connectivity index (χ4n) is 3.31. The number of halogens is 1. The summed E-state index contributed by atoms with van der Waals surface area (Å²) in [6.45, 7) is 2.90. The molecule has 0 amide bonds. The second kappa shape index (κ2) is 9.94. The first kappa shape index (κ1) is 21.5. The van der Waals surface area contributed by atoms with Crippen molar-refractivity contribution >= 4 is 11.0 Å². The molecule has 3 aromatic rings. The van der Waals surface area contributed by atoms with Crippen molar-refractivity contribution in [2.75, 3.05) is 13.7 Å². The number of fused-ring (bicyclic) bond motifs is 1. The first-order valence-corrected chi connectivity index (χ1v) is 9.05. The van der Waals surface area contributed by atoms with Gasteiger partial charge in [-0.2, -0.15) is 0 Å². The van der Waals surface area contributed by atoms with E-state index >= 15 is 0 Å². The standard InChI is InChI=1S/C21H27N2O3.HI/c1-4-8-21-22(2)19-11-5-6-12-20(19)23(21)14-16(24)15-26-18-10-7-9-17(13-18)25-3;/h5-7,9-13,16,24H,4,8,14-15H2,1-3H3;1H/q+1;/p-1. The quantitative estimate of drug-likeness (QED) is 0.360. The van der Waals surface area contributed by atoms with Crippen molar-refractivity contribution in [2.45, 2.75) is 32.4 Å². The molecule has 1 unspecified atom stereocenters. The Kier molecular flexibility index (Phi) is 7.91. The van der Waals surface area contributed by atoms with Gasteiger partial charge in [0.25, 0.3) is 5.82 Å². The fourth-order valence-corrected chi connectivity index (χ4v) is 3.31. The third-order valence-corrected chi connectivity index (χ3v) is 4.58. The van der Waals surface area contributed by atoms with Crippen LogP contribution in [0.3, 0.4) is 0 Å². The van der Waals surface area contributed by atoms with Crippen LogP contribution in [-0.2, 0) is 20.0 Å². The van der Waals surface area contributed by atoms with Gasteiger partial charge in [0.1, 0.15) is 30.8 Å². The lowest BCUT2D eigenvalue weighted by molar-refractivity contribution is -0.654. The van der Waals surface area contributed by atoms with E-state index in [0.29, 0.717) is 12.3 Å². The molecule has 1 atom stereocenters. The van der Waals surface area contributed by atoms with Crippen LogP contribution in [0.4, 0.5) is 0 Å². The van der Waals surface area contributed by atoms with Crippen LogP contribution < -0.4 is 38.0 Å². The molecule has 27 heavy (non-hydrogen) atoms. The molecule has 0 fully saturated rings. The van der Waals surface area contributed by atoms with Crippen LogP contribution in [0.5, 0.6) is 11.5 Å². The Balaban J connectivity index is 0.00000261. The Morgan fingerprint density at radius 3 is 2.59 bits per heavy atom. The summed E-state index contributed by atoms with van der Waals surface area (Å²) in [6.07, 6.45) is 1.42. The van der Waals surface area contributed by atoms with E-state index in [9.17, 15) is 5.11 Å². The van der Waals surface area contributed by atoms with E-state index in [2.05, 4.69) is 35.2 Å². The van der Waals surface area contributed by atoms with E-state index in [1.54, 1.807) is 7.11 Å². The minimum Gasteiger partial charge on any atom is -1.00 e. The van der Waals surface area contributed by atoms with Crippen molar-refractivity contribution in [3.05, 3.63) is 54.4 Å². The average molecular weight is 482 g/mol. The number of para-hydroxylation sites is 2. The van der Waals surface area contributed by atoms with Crippen LogP contribution in [0, 0.1) is 0 Å². The average Bonchev–Trinajstić information content (AvgIpc) is 2.93. The van der Waals surface area contributed by atoms with Gasteiger partial charge in [-0.1, -0.05) is 25.1 Å². The smallest absolute Gasteiger partial charge is 0.257 e. The molecule has 1 aromatic heterocycles. The summed E-state index contributed by atoms with van der Waals surface area (Å²) in [5.74, 6) is 2.65. The molecular weight excluding hydrogens is 455 g/mol. The molecule has 0 radical (unpaired) electrons. The number of rotatable bonds is 8. The van der Waals surface area contributed by atoms with E-state index in [0.717, 1.165) is 24.1 Å². The van der Waals surface area contributed by atoms with Gasteiger partial charge in [-0.3, -0.25) is 0 Å². The molecule has 0 bridgehead atoms. The van der Waals surface area contributed by atoms with Gasteiger partial charge >= 0.3 is 0 Å². The summed E-state index contributed by atoms with van der Waals surface area (Å²) in [6, 6.07) is 15.7. The van der Waals surface area contributed by atoms with Crippen molar-refractivity contribution in [1.29, 1.82) is 0 Å². The second-order valence-electron chi connectivity index (χ2n) is 6.47. The highest BCUT2D eigenvalue weighted by molar-refractivity contribution is 5.72. The van der Waals surface area contributed by atoms with Gasteiger partial charge in [-0.05, 0) is 30.7 Å². The number of aryl methyl sites for hydroxylation is 1. The predicted octanol–water partition coefficient (Wildman–Crippen LogP) is -0.129. The molecule has 3 rings (SSSR count). The van der Waals surface area contributed by atoms with Crippen molar-refractivity contribution < 1.29 is 43.1 Å². The zero-order chi connectivity index (χ0) is 18.5. The van der Waals surface area contributed by atoms with Gasteiger partial charge in [0.05, 0.1) is 14.2 Å². The topological polar surface area (TPSA) is 47.5 Å². The van der Waals surface area contributed by atoms with E-state index in [1.807, 2.05) is 36.4 Å². The Morgan fingerprint density at radius 2 is 1.85 bits per heavy atom. The van der Waals surface area contributed by atoms with E-state index in [4.69, 9.17) is 9.47 Å². The molecule has 6 heteroatoms. The minimum absolute atomic E-state index is 0. The SMILES string of the molecule is CCCc1n(CC(O)COc2cccc(OC)c2)c2ccccc2[n+]1C.[I-]. The van der Waals surface area contributed by atoms with Crippen molar-refractivity contribution in [3.63, 3.8) is 0 Å². The molecule has 146 valence electrons. The zero-order valence-electron chi connectivity index (χ0n) is 16.1. The van der Waals surface area contributed by atoms with E-state index < -0.39 is 6.10 Å². The lowest BCUT2D eigenvalue weighted by atomic mass is 10.3. The molecule has 0 saturated carbocycles. The molecule has 2 aromatic carbocycles. The maximum absolute atomic E-state index is 10.6. The van der Waals surface area contributed by atoms with E-state index in [-0.39, 0.29) is 30.6 Å². The number of methoxy groups -OCH3 is 1. The molecule has 0 aliphatic rings. The summed E-state index contributed by atoms with van der Waals surface area (Å²) in [4.78, 5) is 0. The molecule has 5 nitrogen and oxygen atoms in total. The normalized spacial score (nSPS) is 11.9. The maximum atomic E-state index is 10.6. The van der Waals surface area contributed by atoms with Gasteiger partial charge in [0.15, 0.2) is 11.0 Å². The first-order valence-electron chi connectivity index (χ1n) is 9.05. The monoisotopic (exact) mass is 482 g/mol. The van der Waals surface area contributed by atoms with Crippen LogP contribution in [0.1, 0.15) is 19.2 Å². The third kappa shape index (κ3) is 4.93. The number of aliphatic hydroxyl groups is 1. The number of hydrogen-bond acceptors (Lipinski definition) is 3. The van der Waals surface area contributed by atoms with Crippen LogP contribution in [0.25, 0.3) is 11.0 Å². The number of aromatic nitrogens is 2. The largest absolute Gasteiger partial charge is 1.00 e. The Morgan fingerprint density at radius 1 is 1.11 bits per heavy atom. The molecule has 1 heterocycles. The first-order chi connectivity index (χ1) is 12.6. The van der Waals surface area contributed by atoms with Crippen LogP contribution >= 0.6 is 0 Å². The summed E-state index contributed by atoms with van der Waals surface area (Å²) in [5, 5.41) is 10.6. The molecule has 1 N–H and O–H groups in total. The van der Waals surface area contributed by atoms with Crippen molar-refractivity contribution in [1.82, 2.24) is 4.57 Å². The lowest BCUT2D eigenvalue weighted by Crippen LogP contribution is -3.00. The predicted molar refractivity (Wildman–Crippen MR) is 102 cm³/mol. The van der Waals surface area contributed by atoms with Crippen LogP contribution in [0.15, 0.2) is 48.5 Å². The third-order valence-electron chi connectivity index (χ3n) is 4.58. The zero-order valence-corrected chi connectivity index (χ0v) is 18.2. The lowest BCUT2D eigenvalue weighted by Gasteiger charge is -2.12. The van der Waals surface area contributed by atoms with Crippen LogP contribution in [0.2, 0.25) is 0 Å². The van der Waals surface area contributed by atoms with Gasteiger partial charge in [-0.15, -0.1) is 0 Å². The van der Waals surface area contributed by atoms with Crippen molar-refractivity contribution in [3.8, 4) is 11.5 Å². The highest BCUT2D eigenvalue weighted by atomic mass is 127. The van der Waals surface area contributed by atoms with Gasteiger partial charge in [0, 0.05) is 12.5 Å².